The summed E-state index contributed by atoms with van der Waals surface area (Å²) in [5.74, 6) is 0.329. The molecule has 0 spiro atoms. The minimum atomic E-state index is -0.278. The van der Waals surface area contributed by atoms with Crippen LogP contribution in [-0.2, 0) is 0 Å². The highest BCUT2D eigenvalue weighted by atomic mass is 32.1. The lowest BCUT2D eigenvalue weighted by molar-refractivity contribution is 0.628. The predicted molar refractivity (Wildman–Crippen MR) is 89.4 cm³/mol. The molecule has 2 aromatic heterocycles. The molecule has 112 valence electrons. The van der Waals surface area contributed by atoms with Gasteiger partial charge in [-0.2, -0.15) is 9.61 Å². The third kappa shape index (κ3) is 2.76. The van der Waals surface area contributed by atoms with Gasteiger partial charge >= 0.3 is 0 Å². The molecular weight excluding hydrogens is 311 g/mol. The number of halogens is 1. The van der Waals surface area contributed by atoms with Crippen LogP contribution in [0, 0.1) is 5.82 Å². The Hall–Kier alpha value is -2.86. The lowest BCUT2D eigenvalue weighted by Crippen LogP contribution is -1.90. The number of benzene rings is 2. The van der Waals surface area contributed by atoms with Crippen LogP contribution in [0.3, 0.4) is 0 Å². The van der Waals surface area contributed by atoms with Crippen LogP contribution >= 0.6 is 11.3 Å². The Kier molecular flexibility index (Phi) is 3.44. The summed E-state index contributed by atoms with van der Waals surface area (Å²) in [5, 5.41) is 13.6. The Morgan fingerprint density at radius 2 is 1.70 bits per heavy atom. The predicted octanol–water partition coefficient (Wildman–Crippen LogP) is 4.16. The summed E-state index contributed by atoms with van der Waals surface area (Å²) in [5.41, 5.74) is 1.89. The van der Waals surface area contributed by atoms with Crippen molar-refractivity contribution in [3.8, 4) is 11.4 Å². The highest BCUT2D eigenvalue weighted by molar-refractivity contribution is 7.17. The number of fused-ring (bicyclic) bond motifs is 1. The zero-order valence-electron chi connectivity index (χ0n) is 11.9. The molecule has 6 heteroatoms. The lowest BCUT2D eigenvalue weighted by Gasteiger charge is -1.96. The van der Waals surface area contributed by atoms with Gasteiger partial charge in [-0.05, 0) is 35.9 Å². The van der Waals surface area contributed by atoms with Crippen molar-refractivity contribution in [1.82, 2.24) is 19.8 Å². The second kappa shape index (κ2) is 5.73. The minimum Gasteiger partial charge on any atom is -0.207 e. The summed E-state index contributed by atoms with van der Waals surface area (Å²) < 4.78 is 14.7. The largest absolute Gasteiger partial charge is 0.235 e. The Labute approximate surface area is 135 Å². The Morgan fingerprint density at radius 3 is 2.48 bits per heavy atom. The van der Waals surface area contributed by atoms with Crippen molar-refractivity contribution in [3.05, 3.63) is 71.0 Å². The maximum atomic E-state index is 13.0. The first-order valence-corrected chi connectivity index (χ1v) is 7.82. The monoisotopic (exact) mass is 322 g/mol. The molecule has 4 nitrogen and oxygen atoms in total. The van der Waals surface area contributed by atoms with Gasteiger partial charge in [0, 0.05) is 5.56 Å². The van der Waals surface area contributed by atoms with Crippen LogP contribution in [0.5, 0.6) is 0 Å². The molecule has 4 rings (SSSR count). The molecule has 0 fully saturated rings. The van der Waals surface area contributed by atoms with Gasteiger partial charge in [-0.15, -0.1) is 10.2 Å². The third-order valence-electron chi connectivity index (χ3n) is 3.33. The van der Waals surface area contributed by atoms with Crippen molar-refractivity contribution >= 4 is 28.4 Å². The quantitative estimate of drug-likeness (QED) is 0.569. The van der Waals surface area contributed by atoms with E-state index < -0.39 is 0 Å². The van der Waals surface area contributed by atoms with Crippen molar-refractivity contribution in [2.75, 3.05) is 0 Å². The molecule has 0 aliphatic carbocycles. The van der Waals surface area contributed by atoms with Crippen molar-refractivity contribution in [1.29, 1.82) is 0 Å². The van der Waals surface area contributed by atoms with Crippen LogP contribution in [0.15, 0.2) is 54.6 Å². The van der Waals surface area contributed by atoms with Gasteiger partial charge in [0.05, 0.1) is 0 Å². The summed E-state index contributed by atoms with van der Waals surface area (Å²) >= 11 is 1.45. The fourth-order valence-corrected chi connectivity index (χ4v) is 2.95. The van der Waals surface area contributed by atoms with Gasteiger partial charge in [0.2, 0.25) is 4.96 Å². The molecule has 0 saturated carbocycles. The molecule has 23 heavy (non-hydrogen) atoms. The van der Waals surface area contributed by atoms with Crippen molar-refractivity contribution in [2.45, 2.75) is 0 Å². The van der Waals surface area contributed by atoms with E-state index in [0.717, 1.165) is 16.1 Å². The molecular formula is C17H11FN4S. The molecule has 4 aromatic rings. The van der Waals surface area contributed by atoms with Gasteiger partial charge in [0.1, 0.15) is 10.8 Å². The molecule has 0 aliphatic rings. The fourth-order valence-electron chi connectivity index (χ4n) is 2.21. The van der Waals surface area contributed by atoms with E-state index in [1.165, 1.54) is 23.5 Å². The Balaban J connectivity index is 1.69. The first-order chi connectivity index (χ1) is 11.3. The minimum absolute atomic E-state index is 0.278. The summed E-state index contributed by atoms with van der Waals surface area (Å²) in [7, 11) is 0. The Morgan fingerprint density at radius 1 is 0.913 bits per heavy atom. The first kappa shape index (κ1) is 13.8. The molecule has 0 radical (unpaired) electrons. The van der Waals surface area contributed by atoms with E-state index in [1.807, 2.05) is 42.5 Å². The average molecular weight is 322 g/mol. The first-order valence-electron chi connectivity index (χ1n) is 7.01. The fraction of sp³-hybridized carbons (Fsp3) is 0. The summed E-state index contributed by atoms with van der Waals surface area (Å²) in [6, 6.07) is 16.2. The summed E-state index contributed by atoms with van der Waals surface area (Å²) in [6.07, 6.45) is 3.95. The second-order valence-electron chi connectivity index (χ2n) is 4.91. The van der Waals surface area contributed by atoms with E-state index in [0.29, 0.717) is 10.8 Å². The van der Waals surface area contributed by atoms with E-state index in [9.17, 15) is 4.39 Å². The SMILES string of the molecule is Fc1ccc(-c2nnc3sc(/C=C/c4ccccc4)nn23)cc1. The van der Waals surface area contributed by atoms with Gasteiger partial charge < -0.3 is 0 Å². The molecule has 0 bridgehead atoms. The second-order valence-corrected chi connectivity index (χ2v) is 5.90. The smallest absolute Gasteiger partial charge is 0.207 e. The average Bonchev–Trinajstić information content (AvgIpc) is 3.15. The number of nitrogens with zero attached hydrogens (tertiary/aromatic N) is 4. The van der Waals surface area contributed by atoms with Crippen LogP contribution < -0.4 is 0 Å². The van der Waals surface area contributed by atoms with Gasteiger partial charge in [0.15, 0.2) is 5.82 Å². The van der Waals surface area contributed by atoms with Crippen LogP contribution in [0.1, 0.15) is 10.6 Å². The molecule has 0 amide bonds. The van der Waals surface area contributed by atoms with Gasteiger partial charge in [-0.25, -0.2) is 4.39 Å². The van der Waals surface area contributed by atoms with Crippen LogP contribution in [-0.4, -0.2) is 19.8 Å². The van der Waals surface area contributed by atoms with Crippen LogP contribution in [0.25, 0.3) is 28.5 Å². The van der Waals surface area contributed by atoms with Gasteiger partial charge in [0.25, 0.3) is 0 Å². The maximum absolute atomic E-state index is 13.0. The van der Waals surface area contributed by atoms with Crippen LogP contribution in [0.4, 0.5) is 4.39 Å². The Bertz CT molecular complexity index is 971. The molecule has 0 unspecified atom stereocenters. The number of aromatic nitrogens is 4. The van der Waals surface area contributed by atoms with Crippen molar-refractivity contribution in [3.63, 3.8) is 0 Å². The van der Waals surface area contributed by atoms with E-state index in [4.69, 9.17) is 0 Å². The number of hydrogen-bond donors (Lipinski definition) is 0. The lowest BCUT2D eigenvalue weighted by atomic mass is 10.2. The number of hydrogen-bond acceptors (Lipinski definition) is 4. The van der Waals surface area contributed by atoms with E-state index in [2.05, 4.69) is 15.3 Å². The zero-order valence-corrected chi connectivity index (χ0v) is 12.7. The van der Waals surface area contributed by atoms with E-state index in [-0.39, 0.29) is 5.82 Å². The standard InChI is InChI=1S/C17H11FN4S/c18-14-9-7-13(8-10-14)16-19-20-17-22(16)21-15(23-17)11-6-12-4-2-1-3-5-12/h1-11H/b11-6+. The molecule has 0 aliphatic heterocycles. The van der Waals surface area contributed by atoms with Gasteiger partial charge in [-0.3, -0.25) is 0 Å². The molecule has 0 saturated heterocycles. The third-order valence-corrected chi connectivity index (χ3v) is 4.19. The van der Waals surface area contributed by atoms with Crippen molar-refractivity contribution < 1.29 is 4.39 Å². The highest BCUT2D eigenvalue weighted by Crippen LogP contribution is 2.22. The zero-order chi connectivity index (χ0) is 15.6. The molecule has 2 heterocycles. The summed E-state index contributed by atoms with van der Waals surface area (Å²) in [6.45, 7) is 0. The maximum Gasteiger partial charge on any atom is 0.235 e. The van der Waals surface area contributed by atoms with Gasteiger partial charge in [-0.1, -0.05) is 47.7 Å². The topological polar surface area (TPSA) is 43.1 Å². The van der Waals surface area contributed by atoms with E-state index in [1.54, 1.807) is 16.6 Å². The molecule has 0 N–H and O–H groups in total. The van der Waals surface area contributed by atoms with Crippen molar-refractivity contribution in [2.24, 2.45) is 0 Å². The van der Waals surface area contributed by atoms with E-state index >= 15 is 0 Å². The summed E-state index contributed by atoms with van der Waals surface area (Å²) in [4.78, 5) is 0.706. The number of rotatable bonds is 3. The normalized spacial score (nSPS) is 11.5. The highest BCUT2D eigenvalue weighted by Gasteiger charge is 2.12. The molecule has 2 aromatic carbocycles. The van der Waals surface area contributed by atoms with Crippen LogP contribution in [0.2, 0.25) is 0 Å². The molecule has 0 atom stereocenters.